The summed E-state index contributed by atoms with van der Waals surface area (Å²) >= 11 is 5.78. The molecule has 6 N–H and O–H groups in total. The highest BCUT2D eigenvalue weighted by atomic mass is 35.5. The van der Waals surface area contributed by atoms with Crippen molar-refractivity contribution in [1.82, 2.24) is 0 Å². The molecule has 4 nitrogen and oxygen atoms in total. The second-order valence-corrected chi connectivity index (χ2v) is 5.93. The first-order valence-electron chi connectivity index (χ1n) is 6.92. The topological polar surface area (TPSA) is 84.3 Å². The third-order valence-electron chi connectivity index (χ3n) is 3.89. The summed E-state index contributed by atoms with van der Waals surface area (Å²) in [6.07, 6.45) is 5.66. The first-order valence-corrected chi connectivity index (χ1v) is 7.30. The standard InChI is InChI=1S/C14H21ClFN3O/c15-11-9(17)7-10(18)13(12(11)16)19-8-14(20)5-3-1-2-4-6-14/h7,19-20H,1-6,8,17-18H2. The van der Waals surface area contributed by atoms with Gasteiger partial charge in [0.15, 0.2) is 5.82 Å². The highest BCUT2D eigenvalue weighted by molar-refractivity contribution is 6.33. The summed E-state index contributed by atoms with van der Waals surface area (Å²) in [5.74, 6) is -0.665. The van der Waals surface area contributed by atoms with E-state index in [0.29, 0.717) is 12.8 Å². The fraction of sp³-hybridized carbons (Fsp3) is 0.571. The van der Waals surface area contributed by atoms with Crippen LogP contribution in [0, 0.1) is 5.82 Å². The van der Waals surface area contributed by atoms with Gasteiger partial charge in [-0.2, -0.15) is 0 Å². The molecule has 1 saturated carbocycles. The normalized spacial score (nSPS) is 18.6. The quantitative estimate of drug-likeness (QED) is 0.510. The lowest BCUT2D eigenvalue weighted by Crippen LogP contribution is -2.36. The molecule has 0 atom stereocenters. The summed E-state index contributed by atoms with van der Waals surface area (Å²) in [4.78, 5) is 0. The van der Waals surface area contributed by atoms with Crippen molar-refractivity contribution in [1.29, 1.82) is 0 Å². The molecule has 0 bridgehead atoms. The lowest BCUT2D eigenvalue weighted by atomic mass is 9.94. The van der Waals surface area contributed by atoms with Gasteiger partial charge in [-0.3, -0.25) is 0 Å². The zero-order valence-corrected chi connectivity index (χ0v) is 12.1. The summed E-state index contributed by atoms with van der Waals surface area (Å²) in [5, 5.41) is 13.3. The highest BCUT2D eigenvalue weighted by Crippen LogP contribution is 2.35. The smallest absolute Gasteiger partial charge is 0.169 e. The molecule has 0 amide bonds. The average molecular weight is 302 g/mol. The number of nitrogens with two attached hydrogens (primary N) is 2. The number of nitrogens with one attached hydrogen (secondary N) is 1. The molecule has 20 heavy (non-hydrogen) atoms. The van der Waals surface area contributed by atoms with E-state index in [1.54, 1.807) is 0 Å². The zero-order chi connectivity index (χ0) is 14.8. The van der Waals surface area contributed by atoms with Gasteiger partial charge in [-0.25, -0.2) is 4.39 Å². The van der Waals surface area contributed by atoms with Crippen molar-refractivity contribution in [2.24, 2.45) is 0 Å². The van der Waals surface area contributed by atoms with Crippen LogP contribution in [0.5, 0.6) is 0 Å². The van der Waals surface area contributed by atoms with E-state index in [0.717, 1.165) is 25.7 Å². The lowest BCUT2D eigenvalue weighted by molar-refractivity contribution is 0.0381. The van der Waals surface area contributed by atoms with Crippen molar-refractivity contribution >= 4 is 28.7 Å². The molecule has 0 aromatic heterocycles. The van der Waals surface area contributed by atoms with E-state index < -0.39 is 11.4 Å². The molecule has 6 heteroatoms. The average Bonchev–Trinajstić information content (AvgIpc) is 2.61. The van der Waals surface area contributed by atoms with Gasteiger partial charge < -0.3 is 21.9 Å². The van der Waals surface area contributed by atoms with Crippen molar-refractivity contribution in [2.75, 3.05) is 23.3 Å². The second-order valence-electron chi connectivity index (χ2n) is 5.55. The van der Waals surface area contributed by atoms with E-state index >= 15 is 0 Å². The van der Waals surface area contributed by atoms with Gasteiger partial charge in [0.1, 0.15) is 5.02 Å². The Morgan fingerprint density at radius 1 is 1.20 bits per heavy atom. The van der Waals surface area contributed by atoms with Gasteiger partial charge in [-0.15, -0.1) is 0 Å². The number of nitrogen functional groups attached to an aromatic ring is 2. The molecule has 1 fully saturated rings. The van der Waals surface area contributed by atoms with Gasteiger partial charge in [0.2, 0.25) is 0 Å². The molecule has 2 rings (SSSR count). The van der Waals surface area contributed by atoms with Crippen LogP contribution in [-0.2, 0) is 0 Å². The third kappa shape index (κ3) is 3.27. The van der Waals surface area contributed by atoms with E-state index in [1.165, 1.54) is 6.07 Å². The Bertz CT molecular complexity index is 488. The number of benzene rings is 1. The first-order chi connectivity index (χ1) is 9.43. The van der Waals surface area contributed by atoms with Gasteiger partial charge in [0.25, 0.3) is 0 Å². The van der Waals surface area contributed by atoms with Crippen LogP contribution >= 0.6 is 11.6 Å². The van der Waals surface area contributed by atoms with Crippen molar-refractivity contribution < 1.29 is 9.50 Å². The molecular weight excluding hydrogens is 281 g/mol. The summed E-state index contributed by atoms with van der Waals surface area (Å²) < 4.78 is 14.0. The zero-order valence-electron chi connectivity index (χ0n) is 11.4. The van der Waals surface area contributed by atoms with Crippen LogP contribution in [0.1, 0.15) is 38.5 Å². The van der Waals surface area contributed by atoms with Gasteiger partial charge in [-0.05, 0) is 18.9 Å². The van der Waals surface area contributed by atoms with Crippen molar-refractivity contribution in [3.63, 3.8) is 0 Å². The van der Waals surface area contributed by atoms with Gasteiger partial charge >= 0.3 is 0 Å². The molecule has 1 aromatic carbocycles. The van der Waals surface area contributed by atoms with Crippen LogP contribution in [0.2, 0.25) is 5.02 Å². The Morgan fingerprint density at radius 3 is 2.40 bits per heavy atom. The minimum Gasteiger partial charge on any atom is -0.397 e. The number of hydrogen-bond acceptors (Lipinski definition) is 4. The molecule has 0 unspecified atom stereocenters. The van der Waals surface area contributed by atoms with E-state index in [-0.39, 0.29) is 28.6 Å². The maximum atomic E-state index is 14.0. The molecule has 1 aliphatic carbocycles. The molecular formula is C14H21ClFN3O. The van der Waals surface area contributed by atoms with Crippen LogP contribution in [0.4, 0.5) is 21.5 Å². The molecule has 1 aromatic rings. The maximum absolute atomic E-state index is 14.0. The third-order valence-corrected chi connectivity index (χ3v) is 4.28. The monoisotopic (exact) mass is 301 g/mol. The van der Waals surface area contributed by atoms with Crippen LogP contribution < -0.4 is 16.8 Å². The number of aliphatic hydroxyl groups is 1. The SMILES string of the molecule is Nc1cc(N)c(NCC2(O)CCCCCC2)c(F)c1Cl. The predicted molar refractivity (Wildman–Crippen MR) is 81.4 cm³/mol. The second kappa shape index (κ2) is 6.06. The molecule has 0 aliphatic heterocycles. The Hall–Kier alpha value is -1.20. The van der Waals surface area contributed by atoms with E-state index in [2.05, 4.69) is 5.32 Å². The molecule has 1 aliphatic rings. The van der Waals surface area contributed by atoms with E-state index in [1.807, 2.05) is 0 Å². The number of rotatable bonds is 3. The van der Waals surface area contributed by atoms with Crippen molar-refractivity contribution in [3.8, 4) is 0 Å². The Balaban J connectivity index is 2.12. The number of anilines is 3. The van der Waals surface area contributed by atoms with Crippen LogP contribution in [0.3, 0.4) is 0 Å². The first kappa shape index (κ1) is 15.2. The van der Waals surface area contributed by atoms with Gasteiger partial charge in [0, 0.05) is 6.54 Å². The number of halogens is 2. The summed E-state index contributed by atoms with van der Waals surface area (Å²) in [7, 11) is 0. The fourth-order valence-corrected chi connectivity index (χ4v) is 2.81. The molecule has 0 spiro atoms. The van der Waals surface area contributed by atoms with E-state index in [9.17, 15) is 9.50 Å². The van der Waals surface area contributed by atoms with Crippen molar-refractivity contribution in [3.05, 3.63) is 16.9 Å². The summed E-state index contributed by atoms with van der Waals surface area (Å²) in [5.41, 5.74) is 10.9. The maximum Gasteiger partial charge on any atom is 0.169 e. The largest absolute Gasteiger partial charge is 0.397 e. The Morgan fingerprint density at radius 2 is 1.80 bits per heavy atom. The van der Waals surface area contributed by atoms with Crippen LogP contribution in [0.25, 0.3) is 0 Å². The van der Waals surface area contributed by atoms with Gasteiger partial charge in [-0.1, -0.05) is 37.3 Å². The fourth-order valence-electron chi connectivity index (χ4n) is 2.66. The highest BCUT2D eigenvalue weighted by Gasteiger charge is 2.28. The Labute approximate surface area is 123 Å². The van der Waals surface area contributed by atoms with Crippen molar-refractivity contribution in [2.45, 2.75) is 44.1 Å². The lowest BCUT2D eigenvalue weighted by Gasteiger charge is -2.28. The molecule has 0 heterocycles. The minimum atomic E-state index is -0.816. The number of hydrogen-bond donors (Lipinski definition) is 4. The predicted octanol–water partition coefficient (Wildman–Crippen LogP) is 3.14. The molecule has 0 saturated heterocycles. The van der Waals surface area contributed by atoms with Crippen LogP contribution in [0.15, 0.2) is 6.07 Å². The molecule has 112 valence electrons. The van der Waals surface area contributed by atoms with E-state index in [4.69, 9.17) is 23.1 Å². The summed E-state index contributed by atoms with van der Waals surface area (Å²) in [6, 6.07) is 1.42. The minimum absolute atomic E-state index is 0.111. The summed E-state index contributed by atoms with van der Waals surface area (Å²) in [6.45, 7) is 0.258. The van der Waals surface area contributed by atoms with Gasteiger partial charge in [0.05, 0.1) is 22.7 Å². The molecule has 0 radical (unpaired) electrons. The van der Waals surface area contributed by atoms with Crippen LogP contribution in [-0.4, -0.2) is 17.3 Å². The Kier molecular flexibility index (Phi) is 4.60.